The van der Waals surface area contributed by atoms with Crippen molar-refractivity contribution in [1.82, 2.24) is 5.32 Å². The van der Waals surface area contributed by atoms with E-state index in [9.17, 15) is 14.4 Å². The molecule has 7 nitrogen and oxygen atoms in total. The molecule has 1 amide bonds. The first-order valence-corrected chi connectivity index (χ1v) is 8.47. The Bertz CT molecular complexity index is 478. The number of esters is 1. The normalized spacial score (nSPS) is 21.1. The summed E-state index contributed by atoms with van der Waals surface area (Å²) in [7, 11) is 1.24. The Morgan fingerprint density at radius 1 is 1.26 bits per heavy atom. The van der Waals surface area contributed by atoms with E-state index in [0.29, 0.717) is 11.0 Å². The number of thioether (sulfide) groups is 1. The second-order valence-electron chi connectivity index (χ2n) is 6.95. The van der Waals surface area contributed by atoms with Crippen molar-refractivity contribution in [2.24, 2.45) is 16.6 Å². The molecule has 1 rings (SSSR count). The van der Waals surface area contributed by atoms with Crippen LogP contribution >= 0.6 is 11.8 Å². The number of amides is 1. The fourth-order valence-corrected chi connectivity index (χ4v) is 4.59. The molecular formula is C15H26N2O5S. The summed E-state index contributed by atoms with van der Waals surface area (Å²) in [6.07, 6.45) is -0.491. The quantitative estimate of drug-likeness (QED) is 0.551. The number of methoxy groups -OCH3 is 1. The van der Waals surface area contributed by atoms with Crippen LogP contribution in [0.2, 0.25) is 0 Å². The highest BCUT2D eigenvalue weighted by Gasteiger charge is 2.64. The summed E-state index contributed by atoms with van der Waals surface area (Å²) in [5, 5.41) is 11.5. The van der Waals surface area contributed by atoms with Crippen LogP contribution in [-0.4, -0.2) is 53.1 Å². The summed E-state index contributed by atoms with van der Waals surface area (Å²) >= 11 is 1.60. The van der Waals surface area contributed by atoms with Crippen molar-refractivity contribution in [3.05, 3.63) is 0 Å². The smallest absolute Gasteiger partial charge is 0.329 e. The van der Waals surface area contributed by atoms with E-state index in [1.165, 1.54) is 7.11 Å². The first kappa shape index (κ1) is 19.8. The van der Waals surface area contributed by atoms with Crippen molar-refractivity contribution in [3.63, 3.8) is 0 Å². The molecule has 132 valence electrons. The minimum absolute atomic E-state index is 0.155. The topological polar surface area (TPSA) is 119 Å². The third-order valence-corrected chi connectivity index (χ3v) is 6.89. The standard InChI is InChI=1S/C15H26N2O5S/c1-14(2)13(15(14,3)4)23-7-9(12(21)22-5)17-11(20)8(16)6-10(18)19/h8-9,13H,6-7,16H2,1-5H3,(H,17,20)(H,18,19)/t8-,9-/m0/s1. The number of aliphatic carboxylic acids is 1. The van der Waals surface area contributed by atoms with Crippen molar-refractivity contribution in [3.8, 4) is 0 Å². The van der Waals surface area contributed by atoms with E-state index in [1.807, 2.05) is 0 Å². The molecule has 1 fully saturated rings. The molecule has 0 aromatic heterocycles. The zero-order valence-electron chi connectivity index (χ0n) is 14.2. The molecule has 8 heteroatoms. The van der Waals surface area contributed by atoms with Gasteiger partial charge in [0.1, 0.15) is 6.04 Å². The Hall–Kier alpha value is -1.28. The van der Waals surface area contributed by atoms with Crippen LogP contribution < -0.4 is 11.1 Å². The number of carbonyl (C=O) groups excluding carboxylic acids is 2. The molecule has 0 aromatic rings. The largest absolute Gasteiger partial charge is 0.481 e. The Morgan fingerprint density at radius 3 is 2.17 bits per heavy atom. The molecule has 0 saturated heterocycles. The van der Waals surface area contributed by atoms with Gasteiger partial charge in [0, 0.05) is 11.0 Å². The number of ether oxygens (including phenoxy) is 1. The molecule has 1 aliphatic rings. The second-order valence-corrected chi connectivity index (χ2v) is 8.08. The summed E-state index contributed by atoms with van der Waals surface area (Å²) < 4.78 is 4.71. The van der Waals surface area contributed by atoms with Crippen LogP contribution in [0.4, 0.5) is 0 Å². The van der Waals surface area contributed by atoms with Gasteiger partial charge in [0.25, 0.3) is 0 Å². The lowest BCUT2D eigenvalue weighted by atomic mass is 10.0. The molecule has 23 heavy (non-hydrogen) atoms. The van der Waals surface area contributed by atoms with Crippen LogP contribution in [0.15, 0.2) is 0 Å². The van der Waals surface area contributed by atoms with Crippen molar-refractivity contribution >= 4 is 29.6 Å². The maximum atomic E-state index is 11.9. The molecule has 1 aliphatic carbocycles. The molecule has 0 aliphatic heterocycles. The third kappa shape index (κ3) is 4.38. The van der Waals surface area contributed by atoms with Gasteiger partial charge in [0.2, 0.25) is 5.91 Å². The number of hydrogen-bond donors (Lipinski definition) is 3. The van der Waals surface area contributed by atoms with Crippen LogP contribution in [0, 0.1) is 10.8 Å². The van der Waals surface area contributed by atoms with Gasteiger partial charge < -0.3 is 20.9 Å². The lowest BCUT2D eigenvalue weighted by Gasteiger charge is -2.18. The van der Waals surface area contributed by atoms with Gasteiger partial charge in [-0.15, -0.1) is 0 Å². The van der Waals surface area contributed by atoms with Gasteiger partial charge in [0.05, 0.1) is 19.6 Å². The van der Waals surface area contributed by atoms with Gasteiger partial charge >= 0.3 is 11.9 Å². The van der Waals surface area contributed by atoms with Gasteiger partial charge in [-0.1, -0.05) is 27.7 Å². The minimum Gasteiger partial charge on any atom is -0.481 e. The number of nitrogens with two attached hydrogens (primary N) is 1. The molecule has 0 aromatic carbocycles. The molecule has 2 atom stereocenters. The van der Waals surface area contributed by atoms with Gasteiger partial charge in [-0.2, -0.15) is 11.8 Å². The zero-order valence-corrected chi connectivity index (χ0v) is 15.0. The average molecular weight is 346 g/mol. The zero-order chi connectivity index (χ0) is 18.0. The monoisotopic (exact) mass is 346 g/mol. The van der Waals surface area contributed by atoms with Crippen molar-refractivity contribution < 1.29 is 24.2 Å². The lowest BCUT2D eigenvalue weighted by molar-refractivity contribution is -0.144. The molecule has 0 spiro atoms. The van der Waals surface area contributed by atoms with Crippen LogP contribution in [0.3, 0.4) is 0 Å². The fraction of sp³-hybridized carbons (Fsp3) is 0.800. The Kier molecular flexibility index (Phi) is 6.09. The summed E-state index contributed by atoms with van der Waals surface area (Å²) in [5.41, 5.74) is 5.82. The van der Waals surface area contributed by atoms with E-state index < -0.39 is 36.4 Å². The van der Waals surface area contributed by atoms with Gasteiger partial charge in [-0.25, -0.2) is 4.79 Å². The minimum atomic E-state index is -1.20. The predicted octanol–water partition coefficient (Wildman–Crippen LogP) is 0.614. The van der Waals surface area contributed by atoms with E-state index in [2.05, 4.69) is 33.0 Å². The van der Waals surface area contributed by atoms with Crippen LogP contribution in [0.25, 0.3) is 0 Å². The summed E-state index contributed by atoms with van der Waals surface area (Å²) in [5.74, 6) is -2.05. The summed E-state index contributed by atoms with van der Waals surface area (Å²) in [6.45, 7) is 8.66. The SMILES string of the molecule is COC(=O)[C@H](CSC1C(C)(C)C1(C)C)NC(=O)[C@@H](N)CC(=O)O. The molecule has 4 N–H and O–H groups in total. The number of carboxylic acids is 1. The number of hydrogen-bond acceptors (Lipinski definition) is 6. The first-order valence-electron chi connectivity index (χ1n) is 7.42. The Morgan fingerprint density at radius 2 is 1.78 bits per heavy atom. The van der Waals surface area contributed by atoms with Crippen LogP contribution in [0.5, 0.6) is 0 Å². The molecule has 0 bridgehead atoms. The highest BCUT2D eigenvalue weighted by Crippen LogP contribution is 2.68. The highest BCUT2D eigenvalue weighted by molar-refractivity contribution is 8.00. The molecule has 0 radical (unpaired) electrons. The molecule has 0 unspecified atom stereocenters. The van der Waals surface area contributed by atoms with E-state index >= 15 is 0 Å². The van der Waals surface area contributed by atoms with Crippen LogP contribution in [-0.2, 0) is 19.1 Å². The van der Waals surface area contributed by atoms with Crippen molar-refractivity contribution in [2.45, 2.75) is 51.4 Å². The second kappa shape index (κ2) is 7.09. The van der Waals surface area contributed by atoms with Gasteiger partial charge in [0.15, 0.2) is 0 Å². The third-order valence-electron chi connectivity index (χ3n) is 4.85. The number of carboxylic acid groups (broad SMARTS) is 1. The number of nitrogens with one attached hydrogen (secondary N) is 1. The van der Waals surface area contributed by atoms with E-state index in [4.69, 9.17) is 15.6 Å². The van der Waals surface area contributed by atoms with Gasteiger partial charge in [-0.05, 0) is 10.8 Å². The maximum absolute atomic E-state index is 11.9. The molecule has 0 heterocycles. The van der Waals surface area contributed by atoms with Crippen molar-refractivity contribution in [1.29, 1.82) is 0 Å². The summed E-state index contributed by atoms with van der Waals surface area (Å²) in [4.78, 5) is 34.3. The van der Waals surface area contributed by atoms with E-state index in [1.54, 1.807) is 11.8 Å². The highest BCUT2D eigenvalue weighted by atomic mass is 32.2. The summed E-state index contributed by atoms with van der Waals surface area (Å²) in [6, 6.07) is -2.04. The number of rotatable bonds is 8. The van der Waals surface area contributed by atoms with Gasteiger partial charge in [-0.3, -0.25) is 9.59 Å². The maximum Gasteiger partial charge on any atom is 0.329 e. The van der Waals surface area contributed by atoms with E-state index in [0.717, 1.165) is 0 Å². The predicted molar refractivity (Wildman–Crippen MR) is 88.0 cm³/mol. The average Bonchev–Trinajstić information content (AvgIpc) is 2.82. The molecule has 1 saturated carbocycles. The van der Waals surface area contributed by atoms with Crippen molar-refractivity contribution in [2.75, 3.05) is 12.9 Å². The molecular weight excluding hydrogens is 320 g/mol. The van der Waals surface area contributed by atoms with Crippen LogP contribution in [0.1, 0.15) is 34.1 Å². The fourth-order valence-electron chi connectivity index (χ4n) is 2.62. The van der Waals surface area contributed by atoms with E-state index in [-0.39, 0.29) is 10.8 Å². The number of carbonyl (C=O) groups is 3. The first-order chi connectivity index (χ1) is 10.4. The Labute approximate surface area is 140 Å². The Balaban J connectivity index is 2.62. The lowest BCUT2D eigenvalue weighted by Crippen LogP contribution is -2.50.